The minimum absolute atomic E-state index is 0.515. The fraction of sp³-hybridized carbons (Fsp3) is 0.385. The summed E-state index contributed by atoms with van der Waals surface area (Å²) in [5, 5.41) is 3.17. The van der Waals surface area contributed by atoms with Gasteiger partial charge in [-0.2, -0.15) is 0 Å². The Labute approximate surface area is 118 Å². The Kier molecular flexibility index (Phi) is 9.24. The van der Waals surface area contributed by atoms with Crippen molar-refractivity contribution in [2.45, 2.75) is 27.7 Å². The van der Waals surface area contributed by atoms with Gasteiger partial charge in [0.05, 0.1) is 7.11 Å². The third kappa shape index (κ3) is 5.02. The molecular formula is C13H19ClN2OS. The van der Waals surface area contributed by atoms with E-state index in [1.165, 1.54) is 11.3 Å². The lowest BCUT2D eigenvalue weighted by Gasteiger charge is -1.98. The Hall–Kier alpha value is -1.13. The highest BCUT2D eigenvalue weighted by Gasteiger charge is 2.03. The van der Waals surface area contributed by atoms with E-state index in [9.17, 15) is 0 Å². The molecule has 0 spiro atoms. The maximum atomic E-state index is 5.72. The van der Waals surface area contributed by atoms with Crippen molar-refractivity contribution in [3.05, 3.63) is 28.9 Å². The molecule has 0 atom stereocenters. The van der Waals surface area contributed by atoms with Gasteiger partial charge in [-0.15, -0.1) is 11.3 Å². The van der Waals surface area contributed by atoms with E-state index in [2.05, 4.69) is 9.97 Å². The molecular weight excluding hydrogens is 268 g/mol. The molecule has 0 aliphatic rings. The molecule has 0 unspecified atom stereocenters. The maximum Gasteiger partial charge on any atom is 0.212 e. The Morgan fingerprint density at radius 1 is 1.17 bits per heavy atom. The van der Waals surface area contributed by atoms with Crippen LogP contribution in [-0.2, 0) is 0 Å². The average molecular weight is 287 g/mol. The van der Waals surface area contributed by atoms with E-state index in [0.717, 1.165) is 10.6 Å². The first-order chi connectivity index (χ1) is 8.79. The number of halogens is 1. The number of thiazole rings is 1. The first kappa shape index (κ1) is 16.9. The molecule has 0 aromatic carbocycles. The molecule has 0 fully saturated rings. The smallest absolute Gasteiger partial charge is 0.212 e. The molecule has 2 rings (SSSR count). The third-order valence-electron chi connectivity index (χ3n) is 1.67. The molecule has 5 heteroatoms. The van der Waals surface area contributed by atoms with Crippen molar-refractivity contribution >= 4 is 22.9 Å². The molecule has 2 heterocycles. The summed E-state index contributed by atoms with van der Waals surface area (Å²) in [4.78, 5) is 8.22. The van der Waals surface area contributed by atoms with E-state index in [4.69, 9.17) is 16.3 Å². The van der Waals surface area contributed by atoms with Gasteiger partial charge in [0, 0.05) is 23.2 Å². The maximum absolute atomic E-state index is 5.72. The molecule has 0 amide bonds. The normalized spacial score (nSPS) is 8.56. The van der Waals surface area contributed by atoms with E-state index >= 15 is 0 Å². The van der Waals surface area contributed by atoms with Crippen molar-refractivity contribution in [1.82, 2.24) is 9.97 Å². The Balaban J connectivity index is 0.000000659. The van der Waals surface area contributed by atoms with Crippen LogP contribution in [0.25, 0.3) is 10.6 Å². The molecule has 0 aliphatic heterocycles. The standard InChI is InChI=1S/C9H7ClN2OS.2C2H6/c1-13-8-3-2-6(4-11-8)9-12-7(10)5-14-9;2*1-2/h2-5H,1H3;2*1-2H3. The summed E-state index contributed by atoms with van der Waals surface area (Å²) in [6.45, 7) is 8.00. The number of methoxy groups -OCH3 is 1. The number of hydrogen-bond acceptors (Lipinski definition) is 4. The highest BCUT2D eigenvalue weighted by molar-refractivity contribution is 7.13. The SMILES string of the molecule is CC.CC.COc1ccc(-c2nc(Cl)cs2)cn1. The number of nitrogens with zero attached hydrogens (tertiary/aromatic N) is 2. The zero-order valence-electron chi connectivity index (χ0n) is 11.4. The minimum atomic E-state index is 0.515. The fourth-order valence-electron chi connectivity index (χ4n) is 1.01. The van der Waals surface area contributed by atoms with Gasteiger partial charge < -0.3 is 4.74 Å². The predicted molar refractivity (Wildman–Crippen MR) is 79.6 cm³/mol. The van der Waals surface area contributed by atoms with Crippen molar-refractivity contribution < 1.29 is 4.74 Å². The average Bonchev–Trinajstić information content (AvgIpc) is 2.90. The van der Waals surface area contributed by atoms with Gasteiger partial charge in [0.15, 0.2) is 0 Å². The van der Waals surface area contributed by atoms with Crippen LogP contribution in [-0.4, -0.2) is 17.1 Å². The van der Waals surface area contributed by atoms with Crippen molar-refractivity contribution in [2.75, 3.05) is 7.11 Å². The van der Waals surface area contributed by atoms with Crippen molar-refractivity contribution in [1.29, 1.82) is 0 Å². The summed E-state index contributed by atoms with van der Waals surface area (Å²) < 4.78 is 4.96. The van der Waals surface area contributed by atoms with Crippen molar-refractivity contribution in [3.63, 3.8) is 0 Å². The van der Waals surface area contributed by atoms with Gasteiger partial charge in [-0.25, -0.2) is 9.97 Å². The molecule has 0 bridgehead atoms. The van der Waals surface area contributed by atoms with Crippen LogP contribution < -0.4 is 4.74 Å². The highest BCUT2D eigenvalue weighted by atomic mass is 35.5. The summed E-state index contributed by atoms with van der Waals surface area (Å²) in [5.41, 5.74) is 0.947. The van der Waals surface area contributed by atoms with Crippen molar-refractivity contribution in [2.24, 2.45) is 0 Å². The minimum Gasteiger partial charge on any atom is -0.481 e. The van der Waals surface area contributed by atoms with Gasteiger partial charge in [0.2, 0.25) is 5.88 Å². The lowest BCUT2D eigenvalue weighted by Crippen LogP contribution is -1.86. The zero-order chi connectivity index (χ0) is 14.0. The monoisotopic (exact) mass is 286 g/mol. The van der Waals surface area contributed by atoms with Gasteiger partial charge >= 0.3 is 0 Å². The van der Waals surface area contributed by atoms with Crippen LogP contribution in [0.4, 0.5) is 0 Å². The van der Waals surface area contributed by atoms with Gasteiger partial charge in [0.1, 0.15) is 10.2 Å². The molecule has 0 aliphatic carbocycles. The third-order valence-corrected chi connectivity index (χ3v) is 2.88. The Morgan fingerprint density at radius 2 is 1.83 bits per heavy atom. The molecule has 100 valence electrons. The molecule has 2 aromatic rings. The first-order valence-corrected chi connectivity index (χ1v) is 7.17. The van der Waals surface area contributed by atoms with Gasteiger partial charge in [-0.3, -0.25) is 0 Å². The Bertz CT molecular complexity index is 429. The lowest BCUT2D eigenvalue weighted by atomic mass is 10.3. The summed E-state index contributed by atoms with van der Waals surface area (Å²) >= 11 is 7.22. The first-order valence-electron chi connectivity index (χ1n) is 5.91. The number of ether oxygens (including phenoxy) is 1. The number of rotatable bonds is 2. The van der Waals surface area contributed by atoms with E-state index < -0.39 is 0 Å². The molecule has 0 saturated heterocycles. The summed E-state index contributed by atoms with van der Waals surface area (Å²) in [6, 6.07) is 3.70. The van der Waals surface area contributed by atoms with Crippen LogP contribution in [0, 0.1) is 0 Å². The van der Waals surface area contributed by atoms with Crippen LogP contribution >= 0.6 is 22.9 Å². The predicted octanol–water partition coefficient (Wildman–Crippen LogP) is 4.92. The zero-order valence-corrected chi connectivity index (χ0v) is 13.0. The van der Waals surface area contributed by atoms with E-state index in [1.807, 2.05) is 33.8 Å². The van der Waals surface area contributed by atoms with Gasteiger partial charge in [-0.1, -0.05) is 39.3 Å². The fourth-order valence-corrected chi connectivity index (χ4v) is 1.95. The van der Waals surface area contributed by atoms with Crippen LogP contribution in [0.5, 0.6) is 5.88 Å². The molecule has 0 N–H and O–H groups in total. The van der Waals surface area contributed by atoms with E-state index in [0.29, 0.717) is 11.0 Å². The summed E-state index contributed by atoms with van der Waals surface area (Å²) in [7, 11) is 1.59. The molecule has 0 saturated carbocycles. The Morgan fingerprint density at radius 3 is 2.22 bits per heavy atom. The van der Waals surface area contributed by atoms with E-state index in [-0.39, 0.29) is 0 Å². The van der Waals surface area contributed by atoms with Crippen LogP contribution in [0.15, 0.2) is 23.7 Å². The number of aromatic nitrogens is 2. The number of hydrogen-bond donors (Lipinski definition) is 0. The van der Waals surface area contributed by atoms with Crippen LogP contribution in [0.1, 0.15) is 27.7 Å². The molecule has 0 radical (unpaired) electrons. The molecule has 18 heavy (non-hydrogen) atoms. The second-order valence-electron chi connectivity index (χ2n) is 2.56. The summed E-state index contributed by atoms with van der Waals surface area (Å²) in [6.07, 6.45) is 1.72. The second-order valence-corrected chi connectivity index (χ2v) is 3.81. The number of pyridine rings is 1. The molecule has 3 nitrogen and oxygen atoms in total. The quantitative estimate of drug-likeness (QED) is 0.786. The van der Waals surface area contributed by atoms with Crippen molar-refractivity contribution in [3.8, 4) is 16.5 Å². The largest absolute Gasteiger partial charge is 0.481 e. The molecule has 2 aromatic heterocycles. The summed E-state index contributed by atoms with van der Waals surface area (Å²) in [5.74, 6) is 0.594. The van der Waals surface area contributed by atoms with Gasteiger partial charge in [0.25, 0.3) is 0 Å². The van der Waals surface area contributed by atoms with Crippen LogP contribution in [0.3, 0.4) is 0 Å². The lowest BCUT2D eigenvalue weighted by molar-refractivity contribution is 0.398. The van der Waals surface area contributed by atoms with Crippen LogP contribution in [0.2, 0.25) is 5.15 Å². The van der Waals surface area contributed by atoms with Gasteiger partial charge in [-0.05, 0) is 6.07 Å². The second kappa shape index (κ2) is 9.85. The topological polar surface area (TPSA) is 35.0 Å². The highest BCUT2D eigenvalue weighted by Crippen LogP contribution is 2.25. The van der Waals surface area contributed by atoms with E-state index in [1.54, 1.807) is 24.8 Å².